The van der Waals surface area contributed by atoms with Crippen LogP contribution >= 0.6 is 23.1 Å². The highest BCUT2D eigenvalue weighted by atomic mass is 32.2. The van der Waals surface area contributed by atoms with E-state index in [1.165, 1.54) is 23.1 Å². The lowest BCUT2D eigenvalue weighted by Gasteiger charge is -2.07. The van der Waals surface area contributed by atoms with Crippen molar-refractivity contribution in [3.63, 3.8) is 0 Å². The molecule has 9 heteroatoms. The quantitative estimate of drug-likeness (QED) is 0.473. The van der Waals surface area contributed by atoms with Crippen molar-refractivity contribution in [2.45, 2.75) is 16.7 Å². The van der Waals surface area contributed by atoms with Gasteiger partial charge in [0.1, 0.15) is 0 Å². The van der Waals surface area contributed by atoms with E-state index in [1.54, 1.807) is 42.0 Å². The Bertz CT molecular complexity index is 854. The van der Waals surface area contributed by atoms with Crippen molar-refractivity contribution in [1.82, 2.24) is 15.0 Å². The zero-order valence-corrected chi connectivity index (χ0v) is 14.0. The van der Waals surface area contributed by atoms with Crippen LogP contribution in [-0.4, -0.2) is 26.0 Å². The molecule has 0 aliphatic rings. The van der Waals surface area contributed by atoms with Crippen LogP contribution in [0.4, 0.5) is 10.8 Å². The highest BCUT2D eigenvalue weighted by molar-refractivity contribution is 7.99. The Morgan fingerprint density at radius 1 is 1.33 bits per heavy atom. The lowest BCUT2D eigenvalue weighted by Crippen LogP contribution is -2.14. The Balaban J connectivity index is 1.79. The van der Waals surface area contributed by atoms with Crippen molar-refractivity contribution in [3.8, 4) is 0 Å². The Labute approximate surface area is 146 Å². The van der Waals surface area contributed by atoms with Crippen LogP contribution in [0.2, 0.25) is 0 Å². The monoisotopic (exact) mass is 359 g/mol. The van der Waals surface area contributed by atoms with Gasteiger partial charge in [0.15, 0.2) is 10.3 Å². The summed E-state index contributed by atoms with van der Waals surface area (Å²) in [6, 6.07) is 6.90. The minimum atomic E-state index is -0.359. The van der Waals surface area contributed by atoms with Gasteiger partial charge in [-0.1, -0.05) is 0 Å². The van der Waals surface area contributed by atoms with Crippen LogP contribution in [0.15, 0.2) is 52.1 Å². The number of hydrogen-bond donors (Lipinski definition) is 3. The first-order chi connectivity index (χ1) is 11.7. The first kappa shape index (κ1) is 16.4. The molecular formula is C15H13N5O2S2. The van der Waals surface area contributed by atoms with Crippen LogP contribution in [0.5, 0.6) is 0 Å². The summed E-state index contributed by atoms with van der Waals surface area (Å²) in [4.78, 5) is 25.6. The smallest absolute Gasteiger partial charge is 0.259 e. The van der Waals surface area contributed by atoms with Gasteiger partial charge in [0.05, 0.1) is 17.9 Å². The van der Waals surface area contributed by atoms with Crippen molar-refractivity contribution in [2.75, 3.05) is 11.1 Å². The van der Waals surface area contributed by atoms with Crippen molar-refractivity contribution in [2.24, 2.45) is 0 Å². The average molecular weight is 359 g/mol. The summed E-state index contributed by atoms with van der Waals surface area (Å²) >= 11 is 2.58. The second-order valence-corrected chi connectivity index (χ2v) is 6.54. The summed E-state index contributed by atoms with van der Waals surface area (Å²) in [5.41, 5.74) is 7.13. The minimum Gasteiger partial charge on any atom is -0.398 e. The predicted octanol–water partition coefficient (Wildman–Crippen LogP) is 2.41. The molecule has 7 nitrogen and oxygen atoms in total. The fourth-order valence-electron chi connectivity index (χ4n) is 1.84. The fraction of sp³-hybridized carbons (Fsp3) is 0.0667. The Hall–Kier alpha value is -2.49. The Morgan fingerprint density at radius 3 is 2.83 bits per heavy atom. The zero-order valence-electron chi connectivity index (χ0n) is 12.3. The minimum absolute atomic E-state index is 0.169. The number of anilines is 2. The molecule has 0 unspecified atom stereocenters. The van der Waals surface area contributed by atoms with E-state index in [2.05, 4.69) is 20.3 Å². The summed E-state index contributed by atoms with van der Waals surface area (Å²) < 4.78 is 0. The van der Waals surface area contributed by atoms with Crippen LogP contribution in [0, 0.1) is 0 Å². The van der Waals surface area contributed by atoms with Crippen LogP contribution in [-0.2, 0) is 6.61 Å². The molecule has 24 heavy (non-hydrogen) atoms. The SMILES string of the molecule is Nc1ccc(Sc2ncccn2)cc1C(=O)Nc1nc(CO)cs1. The van der Waals surface area contributed by atoms with Crippen LogP contribution in [0.3, 0.4) is 0 Å². The molecule has 2 aromatic heterocycles. The number of benzene rings is 1. The second kappa shape index (κ2) is 7.39. The number of nitrogens with zero attached hydrogens (tertiary/aromatic N) is 3. The standard InChI is InChI=1S/C15H13N5O2S2/c16-12-3-2-10(24-14-17-4-1-5-18-14)6-11(12)13(22)20-15-19-9(7-21)8-23-15/h1-6,8,21H,7,16H2,(H,19,20,22). The van der Waals surface area contributed by atoms with E-state index >= 15 is 0 Å². The van der Waals surface area contributed by atoms with Gasteiger partial charge in [0.2, 0.25) is 0 Å². The number of carbonyl (C=O) groups excluding carboxylic acids is 1. The van der Waals surface area contributed by atoms with Crippen LogP contribution in [0.1, 0.15) is 16.1 Å². The van der Waals surface area contributed by atoms with Gasteiger partial charge in [-0.3, -0.25) is 10.1 Å². The molecule has 1 amide bonds. The van der Waals surface area contributed by atoms with E-state index in [0.29, 0.717) is 27.2 Å². The zero-order chi connectivity index (χ0) is 16.9. The fourth-order valence-corrected chi connectivity index (χ4v) is 3.29. The van der Waals surface area contributed by atoms with E-state index < -0.39 is 0 Å². The molecule has 0 atom stereocenters. The van der Waals surface area contributed by atoms with E-state index in [-0.39, 0.29) is 12.5 Å². The maximum Gasteiger partial charge on any atom is 0.259 e. The number of thiazole rings is 1. The molecule has 1 aromatic carbocycles. The van der Waals surface area contributed by atoms with Crippen LogP contribution in [0.25, 0.3) is 0 Å². The first-order valence-electron chi connectivity index (χ1n) is 6.86. The maximum atomic E-state index is 12.4. The van der Waals surface area contributed by atoms with Crippen molar-refractivity contribution in [1.29, 1.82) is 0 Å². The number of rotatable bonds is 5. The van der Waals surface area contributed by atoms with E-state index in [9.17, 15) is 4.79 Å². The molecule has 0 saturated carbocycles. The van der Waals surface area contributed by atoms with Crippen molar-refractivity contribution >= 4 is 39.8 Å². The molecule has 2 heterocycles. The lowest BCUT2D eigenvalue weighted by molar-refractivity contribution is 0.102. The average Bonchev–Trinajstić information content (AvgIpc) is 3.05. The summed E-state index contributed by atoms with van der Waals surface area (Å²) in [6.45, 7) is -0.169. The van der Waals surface area contributed by atoms with E-state index in [4.69, 9.17) is 10.8 Å². The normalized spacial score (nSPS) is 10.5. The largest absolute Gasteiger partial charge is 0.398 e. The third-order valence-electron chi connectivity index (χ3n) is 2.95. The van der Waals surface area contributed by atoms with Gasteiger partial charge in [-0.15, -0.1) is 11.3 Å². The number of aromatic nitrogens is 3. The van der Waals surface area contributed by atoms with Gasteiger partial charge in [0, 0.05) is 28.4 Å². The number of aliphatic hydroxyl groups excluding tert-OH is 1. The topological polar surface area (TPSA) is 114 Å². The summed E-state index contributed by atoms with van der Waals surface area (Å²) in [6.07, 6.45) is 3.31. The highest BCUT2D eigenvalue weighted by Crippen LogP contribution is 2.28. The summed E-state index contributed by atoms with van der Waals surface area (Å²) in [7, 11) is 0. The van der Waals surface area contributed by atoms with Gasteiger partial charge in [-0.25, -0.2) is 15.0 Å². The molecule has 0 radical (unpaired) electrons. The van der Waals surface area contributed by atoms with E-state index in [0.717, 1.165) is 4.90 Å². The van der Waals surface area contributed by atoms with Gasteiger partial charge in [0.25, 0.3) is 5.91 Å². The number of nitrogen functional groups attached to an aromatic ring is 1. The number of aliphatic hydroxyl groups is 1. The Morgan fingerprint density at radius 2 is 2.12 bits per heavy atom. The lowest BCUT2D eigenvalue weighted by atomic mass is 10.1. The molecule has 0 aliphatic heterocycles. The molecular weight excluding hydrogens is 346 g/mol. The van der Waals surface area contributed by atoms with Crippen molar-refractivity contribution < 1.29 is 9.90 Å². The van der Waals surface area contributed by atoms with Gasteiger partial charge >= 0.3 is 0 Å². The third-order valence-corrected chi connectivity index (χ3v) is 4.64. The maximum absolute atomic E-state index is 12.4. The third kappa shape index (κ3) is 3.88. The summed E-state index contributed by atoms with van der Waals surface area (Å²) in [5.74, 6) is -0.359. The highest BCUT2D eigenvalue weighted by Gasteiger charge is 2.14. The predicted molar refractivity (Wildman–Crippen MR) is 93.0 cm³/mol. The number of hydrogen-bond acceptors (Lipinski definition) is 8. The van der Waals surface area contributed by atoms with Crippen molar-refractivity contribution in [3.05, 3.63) is 53.3 Å². The molecule has 4 N–H and O–H groups in total. The second-order valence-electron chi connectivity index (χ2n) is 4.64. The molecule has 3 aromatic rings. The molecule has 3 rings (SSSR count). The van der Waals surface area contributed by atoms with Gasteiger partial charge in [-0.2, -0.15) is 0 Å². The number of amides is 1. The Kier molecular flexibility index (Phi) is 5.04. The first-order valence-corrected chi connectivity index (χ1v) is 8.56. The number of nitrogens with one attached hydrogen (secondary N) is 1. The summed E-state index contributed by atoms with van der Waals surface area (Å²) in [5, 5.41) is 14.4. The molecule has 0 bridgehead atoms. The molecule has 0 saturated heterocycles. The number of carbonyl (C=O) groups is 1. The van der Waals surface area contributed by atoms with E-state index in [1.807, 2.05) is 0 Å². The van der Waals surface area contributed by atoms with Crippen LogP contribution < -0.4 is 11.1 Å². The van der Waals surface area contributed by atoms with Gasteiger partial charge < -0.3 is 10.8 Å². The molecule has 122 valence electrons. The van der Waals surface area contributed by atoms with Gasteiger partial charge in [-0.05, 0) is 36.0 Å². The molecule has 0 aliphatic carbocycles. The molecule has 0 fully saturated rings. The molecule has 0 spiro atoms. The number of nitrogens with two attached hydrogens (primary N) is 1.